The van der Waals surface area contributed by atoms with E-state index >= 15 is 0 Å². The molecule has 0 unspecified atom stereocenters. The molecule has 0 aliphatic carbocycles. The van der Waals surface area contributed by atoms with Gasteiger partial charge in [0.1, 0.15) is 0 Å². The van der Waals surface area contributed by atoms with Gasteiger partial charge in [0, 0.05) is 28.5 Å². The van der Waals surface area contributed by atoms with Crippen molar-refractivity contribution in [3.63, 3.8) is 0 Å². The number of pyridine rings is 1. The maximum atomic E-state index is 11.9. The second kappa shape index (κ2) is 5.40. The zero-order chi connectivity index (χ0) is 13.1. The summed E-state index contributed by atoms with van der Waals surface area (Å²) in [6, 6.07) is 9.58. The minimum atomic E-state index is 0.0636. The number of nitrogens with zero attached hydrogens (tertiary/aromatic N) is 1. The minimum Gasteiger partial charge on any atom is -0.399 e. The Bertz CT molecular complexity index is 602. The Morgan fingerprint density at radius 3 is 2.61 bits per heavy atom. The third-order valence-corrected chi connectivity index (χ3v) is 3.29. The smallest absolute Gasteiger partial charge is 0.253 e. The molecule has 0 saturated heterocycles. The molecule has 0 fully saturated rings. The summed E-state index contributed by atoms with van der Waals surface area (Å²) in [5.41, 5.74) is 8.38. The molecule has 94 valence electrons. The number of aryl methyl sites for hydroxylation is 3. The molecule has 0 bridgehead atoms. The lowest BCUT2D eigenvalue weighted by atomic mass is 10.1. The molecule has 1 heterocycles. The zero-order valence-electron chi connectivity index (χ0n) is 10.2. The first-order valence-electron chi connectivity index (χ1n) is 5.77. The van der Waals surface area contributed by atoms with Crippen LogP contribution in [0.15, 0.2) is 45.8 Å². The molecule has 0 atom stereocenters. The van der Waals surface area contributed by atoms with Crippen molar-refractivity contribution in [2.75, 3.05) is 5.73 Å². The van der Waals surface area contributed by atoms with Crippen molar-refractivity contribution in [3.8, 4) is 0 Å². The number of aromatic nitrogens is 1. The van der Waals surface area contributed by atoms with E-state index in [1.54, 1.807) is 4.57 Å². The van der Waals surface area contributed by atoms with Gasteiger partial charge in [0.2, 0.25) is 0 Å². The molecular weight excluding hydrogens is 292 g/mol. The zero-order valence-corrected chi connectivity index (χ0v) is 11.8. The minimum absolute atomic E-state index is 0.0636. The Labute approximate surface area is 114 Å². The Morgan fingerprint density at radius 2 is 1.94 bits per heavy atom. The van der Waals surface area contributed by atoms with Crippen molar-refractivity contribution < 1.29 is 0 Å². The Hall–Kier alpha value is -1.55. The van der Waals surface area contributed by atoms with Gasteiger partial charge in [-0.15, -0.1) is 0 Å². The molecule has 1 aromatic carbocycles. The standard InChI is InChI=1S/C14H15BrN2O/c1-10-8-12(15)9-17(14(10)18)7-6-11-2-4-13(16)5-3-11/h2-5,8-9H,6-7,16H2,1H3. The lowest BCUT2D eigenvalue weighted by molar-refractivity contribution is 0.663. The number of hydrogen-bond acceptors (Lipinski definition) is 2. The van der Waals surface area contributed by atoms with Crippen molar-refractivity contribution in [2.24, 2.45) is 0 Å². The van der Waals surface area contributed by atoms with Gasteiger partial charge in [-0.05, 0) is 53.0 Å². The lowest BCUT2D eigenvalue weighted by Crippen LogP contribution is -2.22. The fraction of sp³-hybridized carbons (Fsp3) is 0.214. The number of benzene rings is 1. The second-order valence-corrected chi connectivity index (χ2v) is 5.25. The predicted octanol–water partition coefficient (Wildman–Crippen LogP) is 2.74. The van der Waals surface area contributed by atoms with E-state index in [-0.39, 0.29) is 5.56 Å². The van der Waals surface area contributed by atoms with E-state index in [0.717, 1.165) is 22.1 Å². The summed E-state index contributed by atoms with van der Waals surface area (Å²) in [4.78, 5) is 11.9. The Balaban J connectivity index is 2.15. The largest absolute Gasteiger partial charge is 0.399 e. The van der Waals surface area contributed by atoms with E-state index in [0.29, 0.717) is 6.54 Å². The summed E-state index contributed by atoms with van der Waals surface area (Å²) in [6.07, 6.45) is 2.64. The van der Waals surface area contributed by atoms with Crippen LogP contribution in [0.4, 0.5) is 5.69 Å². The van der Waals surface area contributed by atoms with Gasteiger partial charge in [-0.3, -0.25) is 4.79 Å². The average Bonchev–Trinajstić information content (AvgIpc) is 2.34. The first-order chi connectivity index (χ1) is 8.56. The summed E-state index contributed by atoms with van der Waals surface area (Å²) < 4.78 is 2.66. The molecule has 18 heavy (non-hydrogen) atoms. The first-order valence-corrected chi connectivity index (χ1v) is 6.56. The molecule has 1 aromatic heterocycles. The predicted molar refractivity (Wildman–Crippen MR) is 77.7 cm³/mol. The van der Waals surface area contributed by atoms with Gasteiger partial charge in [-0.1, -0.05) is 12.1 Å². The summed E-state index contributed by atoms with van der Waals surface area (Å²) in [5.74, 6) is 0. The maximum absolute atomic E-state index is 11.9. The Kier molecular flexibility index (Phi) is 3.87. The van der Waals surface area contributed by atoms with Crippen molar-refractivity contribution in [1.82, 2.24) is 4.57 Å². The number of rotatable bonds is 3. The summed E-state index contributed by atoms with van der Waals surface area (Å²) in [5, 5.41) is 0. The van der Waals surface area contributed by atoms with Gasteiger partial charge in [-0.25, -0.2) is 0 Å². The van der Waals surface area contributed by atoms with E-state index < -0.39 is 0 Å². The molecular formula is C14H15BrN2O. The van der Waals surface area contributed by atoms with E-state index in [4.69, 9.17) is 5.73 Å². The third kappa shape index (κ3) is 3.01. The highest BCUT2D eigenvalue weighted by Gasteiger charge is 2.02. The van der Waals surface area contributed by atoms with Gasteiger partial charge in [-0.2, -0.15) is 0 Å². The molecule has 0 spiro atoms. The molecule has 0 radical (unpaired) electrons. The van der Waals surface area contributed by atoms with Crippen LogP contribution in [-0.4, -0.2) is 4.57 Å². The lowest BCUT2D eigenvalue weighted by Gasteiger charge is -2.08. The highest BCUT2D eigenvalue weighted by Crippen LogP contribution is 2.10. The van der Waals surface area contributed by atoms with E-state index in [2.05, 4.69) is 15.9 Å². The molecule has 0 saturated carbocycles. The third-order valence-electron chi connectivity index (χ3n) is 2.85. The molecule has 0 amide bonds. The van der Waals surface area contributed by atoms with Crippen molar-refractivity contribution >= 4 is 21.6 Å². The monoisotopic (exact) mass is 306 g/mol. The maximum Gasteiger partial charge on any atom is 0.253 e. The van der Waals surface area contributed by atoms with Gasteiger partial charge >= 0.3 is 0 Å². The van der Waals surface area contributed by atoms with Crippen LogP contribution in [-0.2, 0) is 13.0 Å². The van der Waals surface area contributed by atoms with Crippen LogP contribution in [0.3, 0.4) is 0 Å². The molecule has 2 rings (SSSR count). The molecule has 4 heteroatoms. The average molecular weight is 307 g/mol. The van der Waals surface area contributed by atoms with Crippen molar-refractivity contribution in [2.45, 2.75) is 19.9 Å². The fourth-order valence-electron chi connectivity index (χ4n) is 1.84. The normalized spacial score (nSPS) is 10.6. The summed E-state index contributed by atoms with van der Waals surface area (Å²) in [7, 11) is 0. The summed E-state index contributed by atoms with van der Waals surface area (Å²) in [6.45, 7) is 2.50. The van der Waals surface area contributed by atoms with Crippen molar-refractivity contribution in [3.05, 3.63) is 62.5 Å². The van der Waals surface area contributed by atoms with Crippen LogP contribution in [0.1, 0.15) is 11.1 Å². The molecule has 2 N–H and O–H groups in total. The van der Waals surface area contributed by atoms with Crippen LogP contribution in [0.2, 0.25) is 0 Å². The first kappa shape index (κ1) is 12.9. The van der Waals surface area contributed by atoms with Gasteiger partial charge in [0.05, 0.1) is 0 Å². The van der Waals surface area contributed by atoms with Crippen LogP contribution in [0.5, 0.6) is 0 Å². The second-order valence-electron chi connectivity index (χ2n) is 4.33. The number of halogens is 1. The fourth-order valence-corrected chi connectivity index (χ4v) is 2.43. The Morgan fingerprint density at radius 1 is 1.28 bits per heavy atom. The molecule has 0 aliphatic rings. The van der Waals surface area contributed by atoms with Crippen LogP contribution in [0.25, 0.3) is 0 Å². The highest BCUT2D eigenvalue weighted by atomic mass is 79.9. The molecule has 0 aliphatic heterocycles. The number of hydrogen-bond donors (Lipinski definition) is 1. The summed E-state index contributed by atoms with van der Waals surface area (Å²) >= 11 is 3.41. The van der Waals surface area contributed by atoms with E-state index in [1.165, 1.54) is 5.56 Å². The van der Waals surface area contributed by atoms with Crippen LogP contribution in [0, 0.1) is 6.92 Å². The highest BCUT2D eigenvalue weighted by molar-refractivity contribution is 9.10. The van der Waals surface area contributed by atoms with Crippen LogP contribution >= 0.6 is 15.9 Å². The number of nitrogens with two attached hydrogens (primary N) is 1. The SMILES string of the molecule is Cc1cc(Br)cn(CCc2ccc(N)cc2)c1=O. The van der Waals surface area contributed by atoms with Gasteiger partial charge in [0.25, 0.3) is 5.56 Å². The van der Waals surface area contributed by atoms with Crippen LogP contribution < -0.4 is 11.3 Å². The number of anilines is 1. The van der Waals surface area contributed by atoms with Gasteiger partial charge < -0.3 is 10.3 Å². The molecule has 3 nitrogen and oxygen atoms in total. The van der Waals surface area contributed by atoms with Gasteiger partial charge in [0.15, 0.2) is 0 Å². The number of nitrogen functional groups attached to an aromatic ring is 1. The molecule has 2 aromatic rings. The van der Waals surface area contributed by atoms with E-state index in [9.17, 15) is 4.79 Å². The van der Waals surface area contributed by atoms with E-state index in [1.807, 2.05) is 43.5 Å². The van der Waals surface area contributed by atoms with Crippen molar-refractivity contribution in [1.29, 1.82) is 0 Å². The quantitative estimate of drug-likeness (QED) is 0.886. The topological polar surface area (TPSA) is 48.0 Å².